The van der Waals surface area contributed by atoms with Gasteiger partial charge in [0.1, 0.15) is 30.5 Å². The summed E-state index contributed by atoms with van der Waals surface area (Å²) in [4.78, 5) is 57.1. The molecule has 1 aliphatic rings. The molecule has 1 atom stereocenters. The molecule has 0 bridgehead atoms. The molecule has 50 heavy (non-hydrogen) atoms. The maximum absolute atomic E-state index is 12.9. The van der Waals surface area contributed by atoms with Gasteiger partial charge in [-0.15, -0.1) is 0 Å². The van der Waals surface area contributed by atoms with Crippen molar-refractivity contribution < 1.29 is 23.9 Å². The van der Waals surface area contributed by atoms with E-state index in [9.17, 15) is 14.4 Å². The molecule has 3 amide bonds. The highest BCUT2D eigenvalue weighted by atomic mass is 16.5. The van der Waals surface area contributed by atoms with Crippen LogP contribution >= 0.6 is 0 Å². The highest BCUT2D eigenvalue weighted by molar-refractivity contribution is 6.07. The predicted octanol–water partition coefficient (Wildman–Crippen LogP) is 6.69. The van der Waals surface area contributed by atoms with Crippen LogP contribution in [-0.2, 0) is 34.0 Å². The number of alkyl carbamates (subject to hydrolysis) is 1. The molecular formula is C38H45N7O5. The summed E-state index contributed by atoms with van der Waals surface area (Å²) in [5.41, 5.74) is 6.79. The number of hydrogen-bond donors (Lipinski definition) is 3. The molecule has 0 radical (unpaired) electrons. The summed E-state index contributed by atoms with van der Waals surface area (Å²) in [6.07, 6.45) is 4.14. The van der Waals surface area contributed by atoms with Crippen LogP contribution < -0.4 is 10.1 Å². The van der Waals surface area contributed by atoms with E-state index in [4.69, 9.17) is 9.72 Å². The van der Waals surface area contributed by atoms with E-state index in [-0.39, 0.29) is 30.9 Å². The molecule has 0 saturated carbocycles. The minimum atomic E-state index is -0.648. The average Bonchev–Trinajstić information content (AvgIpc) is 3.78. The zero-order valence-corrected chi connectivity index (χ0v) is 29.4. The molecule has 0 spiro atoms. The Morgan fingerprint density at radius 3 is 2.58 bits per heavy atom. The fraction of sp³-hybridized carbons (Fsp3) is 0.395. The molecule has 12 heteroatoms. The van der Waals surface area contributed by atoms with Crippen molar-refractivity contribution in [2.75, 3.05) is 20.2 Å². The van der Waals surface area contributed by atoms with Crippen LogP contribution in [0.15, 0.2) is 48.7 Å². The van der Waals surface area contributed by atoms with Crippen LogP contribution in [0, 0.1) is 0 Å². The molecule has 2 aromatic heterocycles. The van der Waals surface area contributed by atoms with Crippen LogP contribution in [-0.4, -0.2) is 73.9 Å². The van der Waals surface area contributed by atoms with E-state index in [1.807, 2.05) is 31.7 Å². The van der Waals surface area contributed by atoms with E-state index < -0.39 is 6.09 Å². The van der Waals surface area contributed by atoms with Crippen molar-refractivity contribution in [3.8, 4) is 28.1 Å². The second-order valence-electron chi connectivity index (χ2n) is 12.8. The lowest BCUT2D eigenvalue weighted by Gasteiger charge is -2.28. The van der Waals surface area contributed by atoms with E-state index in [0.717, 1.165) is 80.6 Å². The number of benzene rings is 3. The summed E-state index contributed by atoms with van der Waals surface area (Å²) in [5.74, 6) is 2.17. The lowest BCUT2D eigenvalue weighted by Crippen LogP contribution is -2.44. The maximum atomic E-state index is 12.9. The number of nitrogens with one attached hydrogen (secondary N) is 3. The number of ether oxygens (including phenoxy) is 2. The monoisotopic (exact) mass is 679 g/mol. The Hall–Kier alpha value is -5.39. The summed E-state index contributed by atoms with van der Waals surface area (Å²) < 4.78 is 10.9. The normalized spacial score (nSPS) is 12.6. The molecule has 0 fully saturated rings. The minimum absolute atomic E-state index is 0.0453. The van der Waals surface area contributed by atoms with Crippen molar-refractivity contribution in [2.45, 2.75) is 79.1 Å². The topological polar surface area (TPSA) is 146 Å². The van der Waals surface area contributed by atoms with Gasteiger partial charge >= 0.3 is 6.09 Å². The van der Waals surface area contributed by atoms with Crippen molar-refractivity contribution in [3.05, 3.63) is 65.9 Å². The summed E-state index contributed by atoms with van der Waals surface area (Å²) >= 11 is 0. The number of carbonyl (C=O) groups is 3. The van der Waals surface area contributed by atoms with Gasteiger partial charge in [0.2, 0.25) is 11.8 Å². The maximum Gasteiger partial charge on any atom is 0.407 e. The van der Waals surface area contributed by atoms with Crippen molar-refractivity contribution in [1.29, 1.82) is 0 Å². The molecule has 6 rings (SSSR count). The third-order valence-corrected chi connectivity index (χ3v) is 9.32. The van der Waals surface area contributed by atoms with Crippen LogP contribution in [0.2, 0.25) is 0 Å². The summed E-state index contributed by atoms with van der Waals surface area (Å²) in [7, 11) is 1.26. The number of imidazole rings is 2. The lowest BCUT2D eigenvalue weighted by atomic mass is 9.92. The molecule has 3 heterocycles. The van der Waals surface area contributed by atoms with Gasteiger partial charge in [-0.05, 0) is 72.5 Å². The van der Waals surface area contributed by atoms with Gasteiger partial charge in [0.05, 0.1) is 43.1 Å². The Morgan fingerprint density at radius 2 is 1.82 bits per heavy atom. The Bertz CT molecular complexity index is 2030. The van der Waals surface area contributed by atoms with Crippen molar-refractivity contribution in [1.82, 2.24) is 35.1 Å². The van der Waals surface area contributed by atoms with E-state index in [2.05, 4.69) is 68.3 Å². The second-order valence-corrected chi connectivity index (χ2v) is 12.8. The molecule has 12 nitrogen and oxygen atoms in total. The number of aromatic amines is 2. The van der Waals surface area contributed by atoms with E-state index in [1.54, 1.807) is 11.1 Å². The average molecular weight is 680 g/mol. The molecule has 0 unspecified atom stereocenters. The van der Waals surface area contributed by atoms with Gasteiger partial charge in [0.25, 0.3) is 0 Å². The van der Waals surface area contributed by atoms with Crippen molar-refractivity contribution >= 4 is 39.7 Å². The number of methoxy groups -OCH3 is 1. The lowest BCUT2D eigenvalue weighted by molar-refractivity contribution is -0.133. The molecule has 5 aromatic rings. The smallest absolute Gasteiger partial charge is 0.407 e. The van der Waals surface area contributed by atoms with Gasteiger partial charge in [-0.25, -0.2) is 14.8 Å². The van der Waals surface area contributed by atoms with Gasteiger partial charge in [-0.1, -0.05) is 39.0 Å². The number of nitrogens with zero attached hydrogens (tertiary/aromatic N) is 4. The Balaban J connectivity index is 1.23. The summed E-state index contributed by atoms with van der Waals surface area (Å²) in [6.45, 7) is 9.80. The highest BCUT2D eigenvalue weighted by Gasteiger charge is 2.23. The van der Waals surface area contributed by atoms with Crippen molar-refractivity contribution in [2.24, 2.45) is 0 Å². The Labute approximate surface area is 291 Å². The first-order chi connectivity index (χ1) is 24.2. The van der Waals surface area contributed by atoms with Crippen LogP contribution in [0.5, 0.6) is 5.75 Å². The number of rotatable bonds is 13. The van der Waals surface area contributed by atoms with Gasteiger partial charge in [0.15, 0.2) is 0 Å². The first-order valence-corrected chi connectivity index (χ1v) is 17.4. The third kappa shape index (κ3) is 7.15. The number of hydrogen-bond acceptors (Lipinski definition) is 7. The third-order valence-electron chi connectivity index (χ3n) is 9.32. The zero-order valence-electron chi connectivity index (χ0n) is 29.4. The second kappa shape index (κ2) is 15.0. The fourth-order valence-corrected chi connectivity index (χ4v) is 6.48. The van der Waals surface area contributed by atoms with Crippen LogP contribution in [0.1, 0.15) is 70.6 Å². The standard InChI is InChI=1S/C38H45N7O5/c1-6-9-35(46)44(14-7-2)20-34-41-30-13-11-24-16-29-27-12-10-25(15-26(27)22-50-32(29)17-28(24)37(30)43-34)31-18-39-33(42-31)21-45(23(4)8-3)36(47)19-40-38(48)49-5/h10-13,15-18,23H,6-9,14,19-22H2,1-5H3,(H,39,42)(H,40,48)(H,41,43)/t23-/m0/s1. The number of fused-ring (bicyclic) bond motifs is 6. The Morgan fingerprint density at radius 1 is 0.980 bits per heavy atom. The largest absolute Gasteiger partial charge is 0.488 e. The Kier molecular flexibility index (Phi) is 10.4. The molecule has 1 aliphatic heterocycles. The molecule has 0 aliphatic carbocycles. The van der Waals surface area contributed by atoms with Gasteiger partial charge in [-0.3, -0.25) is 9.59 Å². The minimum Gasteiger partial charge on any atom is -0.488 e. The number of aromatic nitrogens is 4. The van der Waals surface area contributed by atoms with Crippen LogP contribution in [0.4, 0.5) is 4.79 Å². The van der Waals surface area contributed by atoms with Gasteiger partial charge in [0, 0.05) is 30.0 Å². The highest BCUT2D eigenvalue weighted by Crippen LogP contribution is 2.42. The van der Waals surface area contributed by atoms with Crippen LogP contribution in [0.25, 0.3) is 44.2 Å². The van der Waals surface area contributed by atoms with Gasteiger partial charge in [-0.2, -0.15) is 0 Å². The summed E-state index contributed by atoms with van der Waals surface area (Å²) in [6, 6.07) is 14.6. The number of amides is 3. The van der Waals surface area contributed by atoms with E-state index in [1.165, 1.54) is 7.11 Å². The quantitative estimate of drug-likeness (QED) is 0.126. The SMILES string of the molecule is CCCC(=O)N(CCC)Cc1nc2c(ccc3cc4c(cc32)OCc2cc(-c3cnc(CN(C(=O)CNC(=O)OC)[C@@H](C)CC)[nH]3)ccc2-4)[nH]1. The van der Waals surface area contributed by atoms with Crippen molar-refractivity contribution in [3.63, 3.8) is 0 Å². The zero-order chi connectivity index (χ0) is 35.4. The first-order valence-electron chi connectivity index (χ1n) is 17.4. The number of H-pyrrole nitrogens is 2. The molecular weight excluding hydrogens is 634 g/mol. The fourth-order valence-electron chi connectivity index (χ4n) is 6.48. The number of carbonyl (C=O) groups excluding carboxylic acids is 3. The van der Waals surface area contributed by atoms with E-state index >= 15 is 0 Å². The first kappa shape index (κ1) is 34.5. The molecule has 262 valence electrons. The van der Waals surface area contributed by atoms with Crippen LogP contribution in [0.3, 0.4) is 0 Å². The molecule has 0 saturated heterocycles. The van der Waals surface area contributed by atoms with Gasteiger partial charge < -0.3 is 34.6 Å². The molecule has 3 N–H and O–H groups in total. The predicted molar refractivity (Wildman–Crippen MR) is 192 cm³/mol. The molecule has 3 aromatic carbocycles. The van der Waals surface area contributed by atoms with E-state index in [0.29, 0.717) is 31.9 Å². The summed E-state index contributed by atoms with van der Waals surface area (Å²) in [5, 5.41) is 4.53.